The van der Waals surface area contributed by atoms with Gasteiger partial charge in [-0.2, -0.15) is 5.26 Å². The molecule has 1 N–H and O–H groups in total. The molecular formula is C16H14N2O. The highest BCUT2D eigenvalue weighted by atomic mass is 16.1. The van der Waals surface area contributed by atoms with Crippen LogP contribution in [0.25, 0.3) is 0 Å². The van der Waals surface area contributed by atoms with Crippen LogP contribution in [0.3, 0.4) is 0 Å². The second-order valence-corrected chi connectivity index (χ2v) is 4.19. The molecule has 0 radical (unpaired) electrons. The number of hydrogen-bond donors (Lipinski definition) is 1. The van der Waals surface area contributed by atoms with Crippen LogP contribution < -0.4 is 5.32 Å². The van der Waals surface area contributed by atoms with Gasteiger partial charge in [-0.05, 0) is 48.4 Å². The van der Waals surface area contributed by atoms with E-state index in [9.17, 15) is 4.79 Å². The number of carbonyl (C=O) groups excluding carboxylic acids is 1. The van der Waals surface area contributed by atoms with Crippen LogP contribution in [0.15, 0.2) is 48.5 Å². The van der Waals surface area contributed by atoms with Crippen molar-refractivity contribution in [1.82, 2.24) is 0 Å². The minimum Gasteiger partial charge on any atom is -0.322 e. The largest absolute Gasteiger partial charge is 0.322 e. The molecule has 0 bridgehead atoms. The molecule has 0 fully saturated rings. The molecule has 0 aliphatic heterocycles. The molecular weight excluding hydrogens is 236 g/mol. The average Bonchev–Trinajstić information content (AvgIpc) is 2.48. The molecule has 1 amide bonds. The number of rotatable bonds is 3. The highest BCUT2D eigenvalue weighted by Crippen LogP contribution is 2.11. The van der Waals surface area contributed by atoms with Crippen LogP contribution in [0.1, 0.15) is 28.4 Å². The molecule has 3 heteroatoms. The zero-order chi connectivity index (χ0) is 13.7. The van der Waals surface area contributed by atoms with Crippen molar-refractivity contribution in [3.63, 3.8) is 0 Å². The van der Waals surface area contributed by atoms with Crippen molar-refractivity contribution in [2.75, 3.05) is 5.32 Å². The van der Waals surface area contributed by atoms with Crippen molar-refractivity contribution in [2.24, 2.45) is 0 Å². The Balaban J connectivity index is 2.09. The fourth-order valence-corrected chi connectivity index (χ4v) is 1.72. The summed E-state index contributed by atoms with van der Waals surface area (Å²) in [6.07, 6.45) is 0.956. The Hall–Kier alpha value is -2.60. The molecule has 3 nitrogen and oxygen atoms in total. The van der Waals surface area contributed by atoms with E-state index >= 15 is 0 Å². The summed E-state index contributed by atoms with van der Waals surface area (Å²) in [6, 6.07) is 16.4. The number of benzene rings is 2. The number of nitrogens with one attached hydrogen (secondary N) is 1. The number of aryl methyl sites for hydroxylation is 1. The van der Waals surface area contributed by atoms with Gasteiger partial charge in [0.2, 0.25) is 0 Å². The van der Waals surface area contributed by atoms with E-state index in [1.54, 1.807) is 24.3 Å². The third-order valence-corrected chi connectivity index (χ3v) is 2.90. The molecule has 2 aromatic carbocycles. The molecule has 0 saturated carbocycles. The second kappa shape index (κ2) is 5.83. The molecule has 0 heterocycles. The van der Waals surface area contributed by atoms with Gasteiger partial charge in [0.1, 0.15) is 0 Å². The lowest BCUT2D eigenvalue weighted by atomic mass is 10.1. The first-order valence-corrected chi connectivity index (χ1v) is 6.13. The van der Waals surface area contributed by atoms with Crippen molar-refractivity contribution in [1.29, 1.82) is 5.26 Å². The van der Waals surface area contributed by atoms with Crippen LogP contribution in [0.5, 0.6) is 0 Å². The normalized spacial score (nSPS) is 9.68. The van der Waals surface area contributed by atoms with Crippen LogP contribution >= 0.6 is 0 Å². The summed E-state index contributed by atoms with van der Waals surface area (Å²) in [6.45, 7) is 2.08. The molecule has 2 rings (SSSR count). The van der Waals surface area contributed by atoms with Gasteiger partial charge in [-0.15, -0.1) is 0 Å². The lowest BCUT2D eigenvalue weighted by Gasteiger charge is -2.05. The van der Waals surface area contributed by atoms with Crippen LogP contribution in [-0.4, -0.2) is 5.91 Å². The Labute approximate surface area is 112 Å². The number of anilines is 1. The lowest BCUT2D eigenvalue weighted by molar-refractivity contribution is 0.102. The van der Waals surface area contributed by atoms with E-state index in [0.29, 0.717) is 16.8 Å². The first-order valence-electron chi connectivity index (χ1n) is 6.13. The summed E-state index contributed by atoms with van der Waals surface area (Å²) in [5.41, 5.74) is 3.09. The summed E-state index contributed by atoms with van der Waals surface area (Å²) in [5.74, 6) is -0.146. The number of carbonyl (C=O) groups is 1. The van der Waals surface area contributed by atoms with E-state index in [1.165, 1.54) is 5.56 Å². The van der Waals surface area contributed by atoms with Crippen molar-refractivity contribution in [2.45, 2.75) is 13.3 Å². The molecule has 0 aromatic heterocycles. The van der Waals surface area contributed by atoms with E-state index in [2.05, 4.69) is 12.2 Å². The average molecular weight is 250 g/mol. The van der Waals surface area contributed by atoms with E-state index < -0.39 is 0 Å². The Morgan fingerprint density at radius 3 is 2.26 bits per heavy atom. The molecule has 0 atom stereocenters. The molecule has 2 aromatic rings. The first kappa shape index (κ1) is 12.8. The SMILES string of the molecule is CCc1ccc(C(=O)Nc2ccc(C#N)cc2)cc1. The summed E-state index contributed by atoms with van der Waals surface area (Å²) in [7, 11) is 0. The minimum atomic E-state index is -0.146. The molecule has 0 saturated heterocycles. The predicted octanol–water partition coefficient (Wildman–Crippen LogP) is 3.37. The summed E-state index contributed by atoms with van der Waals surface area (Å²) >= 11 is 0. The van der Waals surface area contributed by atoms with Gasteiger partial charge in [0.15, 0.2) is 0 Å². The van der Waals surface area contributed by atoms with Crippen LogP contribution in [-0.2, 0) is 6.42 Å². The maximum Gasteiger partial charge on any atom is 0.255 e. The topological polar surface area (TPSA) is 52.9 Å². The summed E-state index contributed by atoms with van der Waals surface area (Å²) < 4.78 is 0. The Kier molecular flexibility index (Phi) is 3.94. The van der Waals surface area contributed by atoms with Crippen molar-refractivity contribution >= 4 is 11.6 Å². The standard InChI is InChI=1S/C16H14N2O/c1-2-12-3-7-14(8-4-12)16(19)18-15-9-5-13(11-17)6-10-15/h3-10H,2H2,1H3,(H,18,19). The van der Waals surface area contributed by atoms with E-state index in [1.807, 2.05) is 30.3 Å². The highest BCUT2D eigenvalue weighted by molar-refractivity contribution is 6.04. The summed E-state index contributed by atoms with van der Waals surface area (Å²) in [4.78, 5) is 12.0. The number of hydrogen-bond acceptors (Lipinski definition) is 2. The van der Waals surface area contributed by atoms with Gasteiger partial charge in [-0.1, -0.05) is 19.1 Å². The van der Waals surface area contributed by atoms with Gasteiger partial charge in [-0.25, -0.2) is 0 Å². The quantitative estimate of drug-likeness (QED) is 0.908. The summed E-state index contributed by atoms with van der Waals surface area (Å²) in [5, 5.41) is 11.5. The number of amides is 1. The van der Waals surface area contributed by atoms with E-state index in [0.717, 1.165) is 6.42 Å². The van der Waals surface area contributed by atoms with Gasteiger partial charge >= 0.3 is 0 Å². The van der Waals surface area contributed by atoms with Crippen LogP contribution in [0.4, 0.5) is 5.69 Å². The molecule has 94 valence electrons. The van der Waals surface area contributed by atoms with Crippen LogP contribution in [0, 0.1) is 11.3 Å². The fourth-order valence-electron chi connectivity index (χ4n) is 1.72. The van der Waals surface area contributed by atoms with Crippen molar-refractivity contribution in [3.8, 4) is 6.07 Å². The highest BCUT2D eigenvalue weighted by Gasteiger charge is 2.05. The van der Waals surface area contributed by atoms with Crippen molar-refractivity contribution < 1.29 is 4.79 Å². The predicted molar refractivity (Wildman–Crippen MR) is 74.9 cm³/mol. The Morgan fingerprint density at radius 1 is 1.11 bits per heavy atom. The minimum absolute atomic E-state index is 0.146. The zero-order valence-electron chi connectivity index (χ0n) is 10.7. The van der Waals surface area contributed by atoms with Gasteiger partial charge in [0, 0.05) is 11.3 Å². The zero-order valence-corrected chi connectivity index (χ0v) is 10.7. The Morgan fingerprint density at radius 2 is 1.74 bits per heavy atom. The van der Waals surface area contributed by atoms with Gasteiger partial charge in [0.05, 0.1) is 11.6 Å². The van der Waals surface area contributed by atoms with Gasteiger partial charge in [0.25, 0.3) is 5.91 Å². The third kappa shape index (κ3) is 3.20. The molecule has 0 unspecified atom stereocenters. The monoisotopic (exact) mass is 250 g/mol. The van der Waals surface area contributed by atoms with Crippen LogP contribution in [0.2, 0.25) is 0 Å². The smallest absolute Gasteiger partial charge is 0.255 e. The molecule has 0 spiro atoms. The molecule has 0 aliphatic carbocycles. The maximum atomic E-state index is 12.0. The maximum absolute atomic E-state index is 12.0. The number of nitrogens with zero attached hydrogens (tertiary/aromatic N) is 1. The third-order valence-electron chi connectivity index (χ3n) is 2.90. The molecule has 19 heavy (non-hydrogen) atoms. The molecule has 0 aliphatic rings. The Bertz CT molecular complexity index is 607. The van der Waals surface area contributed by atoms with E-state index in [4.69, 9.17) is 5.26 Å². The van der Waals surface area contributed by atoms with Gasteiger partial charge < -0.3 is 5.32 Å². The number of nitriles is 1. The first-order chi connectivity index (χ1) is 9.22. The second-order valence-electron chi connectivity index (χ2n) is 4.19. The van der Waals surface area contributed by atoms with Crippen molar-refractivity contribution in [3.05, 3.63) is 65.2 Å². The van der Waals surface area contributed by atoms with Gasteiger partial charge in [-0.3, -0.25) is 4.79 Å². The lowest BCUT2D eigenvalue weighted by Crippen LogP contribution is -2.11. The fraction of sp³-hybridized carbons (Fsp3) is 0.125. The van der Waals surface area contributed by atoms with E-state index in [-0.39, 0.29) is 5.91 Å².